The molecule has 0 radical (unpaired) electrons. The number of amides is 1. The molecule has 0 unspecified atom stereocenters. The lowest BCUT2D eigenvalue weighted by Gasteiger charge is -2.20. The van der Waals surface area contributed by atoms with Gasteiger partial charge >= 0.3 is 0 Å². The molecule has 72 valence electrons. The number of aromatic nitrogens is 2. The van der Waals surface area contributed by atoms with E-state index in [2.05, 4.69) is 5.10 Å². The molecule has 1 amide bonds. The van der Waals surface area contributed by atoms with Crippen molar-refractivity contribution in [3.63, 3.8) is 0 Å². The Morgan fingerprint density at radius 3 is 2.31 bits per heavy atom. The van der Waals surface area contributed by atoms with Gasteiger partial charge in [-0.15, -0.1) is 0 Å². The van der Waals surface area contributed by atoms with Crippen molar-refractivity contribution in [2.75, 3.05) is 5.73 Å². The highest BCUT2D eigenvalue weighted by Crippen LogP contribution is 2.18. The minimum absolute atomic E-state index is 0.201. The quantitative estimate of drug-likeness (QED) is 0.655. The van der Waals surface area contributed by atoms with E-state index in [4.69, 9.17) is 11.5 Å². The fourth-order valence-corrected chi connectivity index (χ4v) is 1.05. The molecule has 0 aromatic carbocycles. The second-order valence-electron chi connectivity index (χ2n) is 3.90. The summed E-state index contributed by atoms with van der Waals surface area (Å²) in [7, 11) is 0. The van der Waals surface area contributed by atoms with Crippen LogP contribution in [0, 0.1) is 0 Å². The molecule has 0 spiro atoms. The van der Waals surface area contributed by atoms with Crippen molar-refractivity contribution in [1.82, 2.24) is 9.78 Å². The first-order valence-corrected chi connectivity index (χ1v) is 3.98. The van der Waals surface area contributed by atoms with Crippen LogP contribution in [0.2, 0.25) is 0 Å². The van der Waals surface area contributed by atoms with Crippen LogP contribution >= 0.6 is 0 Å². The highest BCUT2D eigenvalue weighted by atomic mass is 16.1. The predicted molar refractivity (Wildman–Crippen MR) is 50.2 cm³/mol. The first kappa shape index (κ1) is 9.57. The summed E-state index contributed by atoms with van der Waals surface area (Å²) in [5.41, 5.74) is 10.7. The molecule has 5 nitrogen and oxygen atoms in total. The smallest absolute Gasteiger partial charge is 0.269 e. The molecule has 0 aliphatic rings. The number of primary amides is 1. The molecule has 0 aliphatic carbocycles. The van der Waals surface area contributed by atoms with Crippen LogP contribution in [0.25, 0.3) is 0 Å². The highest BCUT2D eigenvalue weighted by molar-refractivity contribution is 5.91. The number of hydrogen-bond donors (Lipinski definition) is 2. The van der Waals surface area contributed by atoms with E-state index in [-0.39, 0.29) is 11.2 Å². The van der Waals surface area contributed by atoms with Crippen molar-refractivity contribution in [1.29, 1.82) is 0 Å². The molecule has 0 fully saturated rings. The van der Waals surface area contributed by atoms with Gasteiger partial charge < -0.3 is 11.5 Å². The Balaban J connectivity index is 3.18. The molecule has 0 bridgehead atoms. The third-order valence-electron chi connectivity index (χ3n) is 1.62. The summed E-state index contributed by atoms with van der Waals surface area (Å²) in [6.07, 6.45) is 0. The SMILES string of the molecule is CC(C)(C)n1nc(C(N)=O)cc1N. The van der Waals surface area contributed by atoms with Crippen molar-refractivity contribution in [2.24, 2.45) is 5.73 Å². The van der Waals surface area contributed by atoms with Crippen LogP contribution in [-0.4, -0.2) is 15.7 Å². The van der Waals surface area contributed by atoms with Crippen molar-refractivity contribution in [3.8, 4) is 0 Å². The number of rotatable bonds is 1. The molecule has 1 rings (SSSR count). The lowest BCUT2D eigenvalue weighted by molar-refractivity contribution is 0.0994. The van der Waals surface area contributed by atoms with Crippen LogP contribution in [0.4, 0.5) is 5.82 Å². The molecular formula is C8H14N4O. The maximum absolute atomic E-state index is 10.8. The molecule has 1 aromatic rings. The second-order valence-corrected chi connectivity index (χ2v) is 3.90. The molecule has 0 atom stereocenters. The fraction of sp³-hybridized carbons (Fsp3) is 0.500. The Kier molecular flexibility index (Phi) is 2.03. The van der Waals surface area contributed by atoms with Gasteiger partial charge in [-0.2, -0.15) is 5.10 Å². The van der Waals surface area contributed by atoms with Crippen molar-refractivity contribution in [2.45, 2.75) is 26.3 Å². The van der Waals surface area contributed by atoms with Crippen molar-refractivity contribution < 1.29 is 4.79 Å². The Hall–Kier alpha value is -1.52. The first-order valence-electron chi connectivity index (χ1n) is 3.98. The van der Waals surface area contributed by atoms with Gasteiger partial charge in [0.15, 0.2) is 5.69 Å². The van der Waals surface area contributed by atoms with Gasteiger partial charge in [-0.05, 0) is 20.8 Å². The van der Waals surface area contributed by atoms with Gasteiger partial charge in [0.2, 0.25) is 0 Å². The van der Waals surface area contributed by atoms with Gasteiger partial charge in [0.25, 0.3) is 5.91 Å². The van der Waals surface area contributed by atoms with Gasteiger partial charge in [-0.25, -0.2) is 4.68 Å². The largest absolute Gasteiger partial charge is 0.384 e. The van der Waals surface area contributed by atoms with E-state index >= 15 is 0 Å². The summed E-state index contributed by atoms with van der Waals surface area (Å²) >= 11 is 0. The molecular weight excluding hydrogens is 168 g/mol. The number of nitrogen functional groups attached to an aromatic ring is 1. The average Bonchev–Trinajstić information content (AvgIpc) is 2.29. The summed E-state index contributed by atoms with van der Waals surface area (Å²) in [4.78, 5) is 10.8. The third kappa shape index (κ3) is 1.80. The van der Waals surface area contributed by atoms with Gasteiger partial charge in [0.05, 0.1) is 5.54 Å². The van der Waals surface area contributed by atoms with Crippen LogP contribution in [0.5, 0.6) is 0 Å². The maximum atomic E-state index is 10.8. The zero-order valence-corrected chi connectivity index (χ0v) is 8.03. The van der Waals surface area contributed by atoms with E-state index in [1.54, 1.807) is 4.68 Å². The minimum atomic E-state index is -0.560. The Morgan fingerprint density at radius 1 is 1.54 bits per heavy atom. The van der Waals surface area contributed by atoms with Crippen LogP contribution in [0.3, 0.4) is 0 Å². The fourth-order valence-electron chi connectivity index (χ4n) is 1.05. The molecule has 1 aromatic heterocycles. The molecule has 0 saturated carbocycles. The number of carbonyl (C=O) groups is 1. The highest BCUT2D eigenvalue weighted by Gasteiger charge is 2.19. The van der Waals surface area contributed by atoms with E-state index in [1.165, 1.54) is 6.07 Å². The third-order valence-corrected chi connectivity index (χ3v) is 1.62. The summed E-state index contributed by atoms with van der Waals surface area (Å²) in [6.45, 7) is 5.84. The zero-order valence-electron chi connectivity index (χ0n) is 8.03. The first-order chi connectivity index (χ1) is 5.82. The molecule has 1 heterocycles. The number of anilines is 1. The maximum Gasteiger partial charge on any atom is 0.269 e. The number of nitrogens with zero attached hydrogens (tertiary/aromatic N) is 2. The van der Waals surface area contributed by atoms with E-state index < -0.39 is 5.91 Å². The topological polar surface area (TPSA) is 86.9 Å². The second kappa shape index (κ2) is 2.76. The number of nitrogens with two attached hydrogens (primary N) is 2. The lowest BCUT2D eigenvalue weighted by Crippen LogP contribution is -2.25. The predicted octanol–water partition coefficient (Wildman–Crippen LogP) is 0.319. The Labute approximate surface area is 76.7 Å². The summed E-state index contributed by atoms with van der Waals surface area (Å²) in [5.74, 6) is -0.115. The average molecular weight is 182 g/mol. The summed E-state index contributed by atoms with van der Waals surface area (Å²) in [5, 5.41) is 4.00. The molecule has 4 N–H and O–H groups in total. The van der Waals surface area contributed by atoms with Crippen LogP contribution in [-0.2, 0) is 5.54 Å². The van der Waals surface area contributed by atoms with Crippen LogP contribution < -0.4 is 11.5 Å². The van der Waals surface area contributed by atoms with Gasteiger partial charge in [0, 0.05) is 6.07 Å². The van der Waals surface area contributed by atoms with Gasteiger partial charge in [-0.3, -0.25) is 4.79 Å². The molecule has 0 saturated heterocycles. The van der Waals surface area contributed by atoms with Gasteiger partial charge in [0.1, 0.15) is 5.82 Å². The molecule has 0 aliphatic heterocycles. The molecule has 5 heteroatoms. The van der Waals surface area contributed by atoms with Crippen LogP contribution in [0.15, 0.2) is 6.07 Å². The monoisotopic (exact) mass is 182 g/mol. The van der Waals surface area contributed by atoms with E-state index in [0.29, 0.717) is 5.82 Å². The Morgan fingerprint density at radius 2 is 2.08 bits per heavy atom. The summed E-state index contributed by atoms with van der Waals surface area (Å²) in [6, 6.07) is 1.48. The van der Waals surface area contributed by atoms with Crippen molar-refractivity contribution in [3.05, 3.63) is 11.8 Å². The van der Waals surface area contributed by atoms with E-state index in [1.807, 2.05) is 20.8 Å². The zero-order chi connectivity index (χ0) is 10.2. The van der Waals surface area contributed by atoms with E-state index in [0.717, 1.165) is 0 Å². The number of hydrogen-bond acceptors (Lipinski definition) is 3. The number of carbonyl (C=O) groups excluding carboxylic acids is 1. The Bertz CT molecular complexity index is 334. The summed E-state index contributed by atoms with van der Waals surface area (Å²) < 4.78 is 1.58. The standard InChI is InChI=1S/C8H14N4O/c1-8(2,3)12-6(9)4-5(11-12)7(10)13/h4H,9H2,1-3H3,(H2,10,13). The normalized spacial score (nSPS) is 11.6. The van der Waals surface area contributed by atoms with Crippen LogP contribution in [0.1, 0.15) is 31.3 Å². The molecule has 13 heavy (non-hydrogen) atoms. The van der Waals surface area contributed by atoms with Crippen molar-refractivity contribution >= 4 is 11.7 Å². The van der Waals surface area contributed by atoms with E-state index in [9.17, 15) is 4.79 Å². The lowest BCUT2D eigenvalue weighted by atomic mass is 10.1. The van der Waals surface area contributed by atoms with Gasteiger partial charge in [-0.1, -0.05) is 0 Å². The minimum Gasteiger partial charge on any atom is -0.384 e.